The fourth-order valence-electron chi connectivity index (χ4n) is 5.65. The number of benzene rings is 3. The van der Waals surface area contributed by atoms with Crippen LogP contribution in [-0.2, 0) is 23.4 Å². The number of nitrogens with zero attached hydrogens (tertiary/aromatic N) is 3. The quantitative estimate of drug-likeness (QED) is 0.582. The van der Waals surface area contributed by atoms with Gasteiger partial charge in [-0.15, -0.1) is 0 Å². The van der Waals surface area contributed by atoms with E-state index in [0.717, 1.165) is 48.1 Å². The largest absolute Gasteiger partial charge is 0.486 e. The van der Waals surface area contributed by atoms with Gasteiger partial charge in [0.15, 0.2) is 0 Å². The van der Waals surface area contributed by atoms with Crippen LogP contribution < -0.4 is 10.5 Å². The molecule has 0 bridgehead atoms. The van der Waals surface area contributed by atoms with Crippen molar-refractivity contribution in [1.82, 2.24) is 5.06 Å². The minimum absolute atomic E-state index is 0.355. The lowest BCUT2D eigenvalue weighted by molar-refractivity contribution is -0.204. The summed E-state index contributed by atoms with van der Waals surface area (Å²) >= 11 is 0. The molecule has 2 heterocycles. The molecule has 6 rings (SSSR count). The Hall–Kier alpha value is -3.82. The third-order valence-electron chi connectivity index (χ3n) is 7.23. The third kappa shape index (κ3) is 3.32. The third-order valence-corrected chi connectivity index (χ3v) is 7.23. The molecule has 3 aromatic carbocycles. The molecule has 2 aliphatic heterocycles. The zero-order valence-corrected chi connectivity index (χ0v) is 19.1. The van der Waals surface area contributed by atoms with Crippen molar-refractivity contribution in [1.29, 1.82) is 5.26 Å². The van der Waals surface area contributed by atoms with Gasteiger partial charge in [-0.2, -0.15) is 5.26 Å². The molecular weight excluding hydrogens is 424 g/mol. The smallest absolute Gasteiger partial charge is 0.222 e. The van der Waals surface area contributed by atoms with Gasteiger partial charge in [0, 0.05) is 19.9 Å². The van der Waals surface area contributed by atoms with E-state index in [1.54, 1.807) is 18.2 Å². The standard InChI is InChI=1S/C28H26N4O2/c1-32-26(30)31-28(34-32)18-27(13-5-10-20-7-2-3-8-23(20)16-27)33-25-12-11-22(15-24(25)28)21-9-4-6-19(14-21)17-29/h2-4,6-9,11-12,14-15H,5,10,13,16,18H2,1H3,(H2,30,31)/t27-,28?/m0/s1. The average Bonchev–Trinajstić information content (AvgIpc) is 3.01. The monoisotopic (exact) mass is 450 g/mol. The van der Waals surface area contributed by atoms with E-state index in [2.05, 4.69) is 36.4 Å². The average molecular weight is 451 g/mol. The van der Waals surface area contributed by atoms with E-state index in [0.29, 0.717) is 17.9 Å². The van der Waals surface area contributed by atoms with E-state index in [9.17, 15) is 5.26 Å². The Bertz CT molecular complexity index is 1360. The van der Waals surface area contributed by atoms with Crippen LogP contribution in [0.2, 0.25) is 0 Å². The Morgan fingerprint density at radius 2 is 1.85 bits per heavy atom. The molecule has 170 valence electrons. The maximum Gasteiger partial charge on any atom is 0.222 e. The molecule has 0 aromatic heterocycles. The van der Waals surface area contributed by atoms with Crippen LogP contribution >= 0.6 is 0 Å². The molecule has 6 nitrogen and oxygen atoms in total. The topological polar surface area (TPSA) is 83.9 Å². The number of aliphatic imine (C=N–C) groups is 1. The van der Waals surface area contributed by atoms with Crippen molar-refractivity contribution < 1.29 is 9.57 Å². The van der Waals surface area contributed by atoms with E-state index in [4.69, 9.17) is 20.3 Å². The fourth-order valence-corrected chi connectivity index (χ4v) is 5.65. The van der Waals surface area contributed by atoms with Crippen molar-refractivity contribution in [2.75, 3.05) is 7.05 Å². The lowest BCUT2D eigenvalue weighted by Gasteiger charge is -2.45. The molecule has 2 atom stereocenters. The molecule has 6 heteroatoms. The Kier molecular flexibility index (Phi) is 4.65. The Morgan fingerprint density at radius 3 is 2.65 bits per heavy atom. The van der Waals surface area contributed by atoms with Crippen LogP contribution in [0, 0.1) is 11.3 Å². The molecule has 2 spiro atoms. The van der Waals surface area contributed by atoms with Gasteiger partial charge in [0.2, 0.25) is 11.7 Å². The lowest BCUT2D eigenvalue weighted by atomic mass is 9.78. The predicted molar refractivity (Wildman–Crippen MR) is 130 cm³/mol. The number of hydroxylamine groups is 2. The zero-order chi connectivity index (χ0) is 23.3. The second-order valence-electron chi connectivity index (χ2n) is 9.51. The van der Waals surface area contributed by atoms with Crippen molar-refractivity contribution in [3.63, 3.8) is 0 Å². The van der Waals surface area contributed by atoms with Gasteiger partial charge in [-0.1, -0.05) is 42.5 Å². The number of ether oxygens (including phenoxy) is 1. The maximum absolute atomic E-state index is 9.33. The van der Waals surface area contributed by atoms with Crippen LogP contribution in [0.15, 0.2) is 71.7 Å². The number of hydrogen-bond acceptors (Lipinski definition) is 6. The molecule has 0 saturated heterocycles. The molecule has 3 aliphatic rings. The van der Waals surface area contributed by atoms with Crippen LogP contribution in [0.25, 0.3) is 11.1 Å². The molecule has 1 unspecified atom stereocenters. The normalized spacial score (nSPS) is 25.2. The minimum atomic E-state index is -0.950. The zero-order valence-electron chi connectivity index (χ0n) is 19.1. The van der Waals surface area contributed by atoms with E-state index in [-0.39, 0.29) is 0 Å². The molecule has 0 radical (unpaired) electrons. The van der Waals surface area contributed by atoms with Crippen LogP contribution in [-0.4, -0.2) is 23.7 Å². The van der Waals surface area contributed by atoms with Gasteiger partial charge in [-0.25, -0.2) is 14.9 Å². The van der Waals surface area contributed by atoms with E-state index in [1.807, 2.05) is 30.3 Å². The van der Waals surface area contributed by atoms with Crippen molar-refractivity contribution in [2.24, 2.45) is 10.7 Å². The Labute approximate surface area is 199 Å². The summed E-state index contributed by atoms with van der Waals surface area (Å²) in [5.41, 5.74) is 11.0. The number of fused-ring (bicyclic) bond motifs is 3. The first-order valence-electron chi connectivity index (χ1n) is 11.7. The van der Waals surface area contributed by atoms with Crippen molar-refractivity contribution >= 4 is 5.96 Å². The van der Waals surface area contributed by atoms with Crippen LogP contribution in [0.1, 0.15) is 41.5 Å². The van der Waals surface area contributed by atoms with Gasteiger partial charge in [0.05, 0.1) is 17.2 Å². The molecule has 3 aromatic rings. The first-order chi connectivity index (χ1) is 16.5. The highest BCUT2D eigenvalue weighted by Gasteiger charge is 2.54. The first-order valence-corrected chi connectivity index (χ1v) is 11.7. The number of nitrogens with two attached hydrogens (primary N) is 1. The number of guanidine groups is 1. The first kappa shape index (κ1) is 20.8. The second-order valence-corrected chi connectivity index (χ2v) is 9.51. The molecule has 0 fully saturated rings. The van der Waals surface area contributed by atoms with Gasteiger partial charge in [0.25, 0.3) is 0 Å². The summed E-state index contributed by atoms with van der Waals surface area (Å²) in [6.45, 7) is 0. The van der Waals surface area contributed by atoms with Gasteiger partial charge in [-0.05, 0) is 65.8 Å². The predicted octanol–water partition coefficient (Wildman–Crippen LogP) is 4.67. The number of nitriles is 1. The summed E-state index contributed by atoms with van der Waals surface area (Å²) in [4.78, 5) is 11.3. The molecular formula is C28H26N4O2. The van der Waals surface area contributed by atoms with Crippen molar-refractivity contribution in [3.05, 3.63) is 89.0 Å². The van der Waals surface area contributed by atoms with Gasteiger partial charge in [-0.3, -0.25) is 0 Å². The van der Waals surface area contributed by atoms with Gasteiger partial charge >= 0.3 is 0 Å². The van der Waals surface area contributed by atoms with E-state index < -0.39 is 11.3 Å². The summed E-state index contributed by atoms with van der Waals surface area (Å²) in [6.07, 6.45) is 4.38. The Balaban J connectivity index is 1.48. The highest BCUT2D eigenvalue weighted by atomic mass is 16.7. The SMILES string of the molecule is CN1OC2(C[C@@]3(CCCc4ccccc4C3)Oc3ccc(-c4cccc(C#N)c4)cc32)N=C1N. The van der Waals surface area contributed by atoms with Gasteiger partial charge in [0.1, 0.15) is 11.4 Å². The summed E-state index contributed by atoms with van der Waals surface area (Å²) < 4.78 is 6.83. The van der Waals surface area contributed by atoms with Gasteiger partial charge < -0.3 is 10.5 Å². The molecule has 0 amide bonds. The molecule has 2 N–H and O–H groups in total. The Morgan fingerprint density at radius 1 is 1.03 bits per heavy atom. The lowest BCUT2D eigenvalue weighted by Crippen LogP contribution is -2.49. The number of rotatable bonds is 1. The summed E-state index contributed by atoms with van der Waals surface area (Å²) in [7, 11) is 1.79. The molecule has 0 saturated carbocycles. The minimum Gasteiger partial charge on any atom is -0.486 e. The summed E-state index contributed by atoms with van der Waals surface area (Å²) in [5.74, 6) is 1.13. The van der Waals surface area contributed by atoms with Crippen molar-refractivity contribution in [3.8, 4) is 22.9 Å². The number of aryl methyl sites for hydroxylation is 1. The highest BCUT2D eigenvalue weighted by molar-refractivity contribution is 5.79. The van der Waals surface area contributed by atoms with Crippen LogP contribution in [0.3, 0.4) is 0 Å². The maximum atomic E-state index is 9.33. The molecule has 34 heavy (non-hydrogen) atoms. The summed E-state index contributed by atoms with van der Waals surface area (Å²) in [5, 5.41) is 10.9. The van der Waals surface area contributed by atoms with Crippen molar-refractivity contribution in [2.45, 2.75) is 43.4 Å². The van der Waals surface area contributed by atoms with Crippen LogP contribution in [0.4, 0.5) is 0 Å². The molecule has 1 aliphatic carbocycles. The second kappa shape index (κ2) is 7.61. The fraction of sp³-hybridized carbons (Fsp3) is 0.286. The number of hydrogen-bond donors (Lipinski definition) is 1. The summed E-state index contributed by atoms with van der Waals surface area (Å²) in [6, 6.07) is 24.6. The van der Waals surface area contributed by atoms with Crippen LogP contribution in [0.5, 0.6) is 5.75 Å². The van der Waals surface area contributed by atoms with E-state index in [1.165, 1.54) is 11.1 Å². The highest BCUT2D eigenvalue weighted by Crippen LogP contribution is 2.52. The van der Waals surface area contributed by atoms with E-state index >= 15 is 0 Å².